The summed E-state index contributed by atoms with van der Waals surface area (Å²) < 4.78 is 0. The molecule has 1 amide bonds. The summed E-state index contributed by atoms with van der Waals surface area (Å²) in [4.78, 5) is 22.5. The molecule has 2 aromatic rings. The van der Waals surface area contributed by atoms with E-state index < -0.39 is 0 Å². The molecule has 0 aliphatic carbocycles. The largest absolute Gasteiger partial charge is 0.351 e. The van der Waals surface area contributed by atoms with Gasteiger partial charge in [-0.25, -0.2) is 9.97 Å². The highest BCUT2D eigenvalue weighted by molar-refractivity contribution is 6.39. The standard InChI is InChI=1S/C16H19Cl2N5O/c1-23(2)10-4-8-19-15(24)13-7-9-20-16(21-13)22-14-11(17)5-3-6-12(14)18/h3,5-7,9H,4,8,10H2,1-2H3,(H,19,24)(H,20,21,22). The Hall–Kier alpha value is -1.89. The average molecular weight is 368 g/mol. The first kappa shape index (κ1) is 18.4. The summed E-state index contributed by atoms with van der Waals surface area (Å²) in [6.07, 6.45) is 2.37. The van der Waals surface area contributed by atoms with E-state index in [0.29, 0.717) is 22.3 Å². The zero-order valence-electron chi connectivity index (χ0n) is 13.5. The summed E-state index contributed by atoms with van der Waals surface area (Å²) in [6.45, 7) is 1.49. The number of para-hydroxylation sites is 1. The van der Waals surface area contributed by atoms with E-state index in [0.717, 1.165) is 13.0 Å². The Bertz CT molecular complexity index is 688. The van der Waals surface area contributed by atoms with Crippen LogP contribution in [-0.4, -0.2) is 48.0 Å². The lowest BCUT2D eigenvalue weighted by atomic mass is 10.3. The number of anilines is 2. The molecule has 0 spiro atoms. The van der Waals surface area contributed by atoms with Crippen LogP contribution in [0.3, 0.4) is 0 Å². The molecular formula is C16H19Cl2N5O. The van der Waals surface area contributed by atoms with Crippen molar-refractivity contribution in [3.05, 3.63) is 46.2 Å². The fourth-order valence-corrected chi connectivity index (χ4v) is 2.45. The van der Waals surface area contributed by atoms with Gasteiger partial charge in [-0.1, -0.05) is 29.3 Å². The van der Waals surface area contributed by atoms with Crippen LogP contribution < -0.4 is 10.6 Å². The van der Waals surface area contributed by atoms with Gasteiger partial charge in [0, 0.05) is 12.7 Å². The highest BCUT2D eigenvalue weighted by Crippen LogP contribution is 2.31. The summed E-state index contributed by atoms with van der Waals surface area (Å²) in [5.41, 5.74) is 0.782. The smallest absolute Gasteiger partial charge is 0.270 e. The highest BCUT2D eigenvalue weighted by atomic mass is 35.5. The van der Waals surface area contributed by atoms with Crippen LogP contribution in [0.15, 0.2) is 30.5 Å². The Labute approximate surface area is 151 Å². The van der Waals surface area contributed by atoms with Crippen molar-refractivity contribution in [1.29, 1.82) is 0 Å². The van der Waals surface area contributed by atoms with E-state index >= 15 is 0 Å². The van der Waals surface area contributed by atoms with Crippen molar-refractivity contribution in [2.75, 3.05) is 32.5 Å². The van der Waals surface area contributed by atoms with Crippen molar-refractivity contribution < 1.29 is 4.79 Å². The van der Waals surface area contributed by atoms with Crippen LogP contribution in [-0.2, 0) is 0 Å². The van der Waals surface area contributed by atoms with Crippen LogP contribution in [0.4, 0.5) is 11.6 Å². The predicted molar refractivity (Wildman–Crippen MR) is 97.3 cm³/mol. The molecule has 1 heterocycles. The maximum absolute atomic E-state index is 12.1. The number of nitrogens with one attached hydrogen (secondary N) is 2. The van der Waals surface area contributed by atoms with E-state index in [1.165, 1.54) is 6.20 Å². The van der Waals surface area contributed by atoms with Gasteiger partial charge in [0.2, 0.25) is 5.95 Å². The summed E-state index contributed by atoms with van der Waals surface area (Å²) in [7, 11) is 3.98. The van der Waals surface area contributed by atoms with Crippen LogP contribution in [0.2, 0.25) is 10.0 Å². The number of aromatic nitrogens is 2. The van der Waals surface area contributed by atoms with Gasteiger partial charge in [-0.3, -0.25) is 4.79 Å². The monoisotopic (exact) mass is 367 g/mol. The van der Waals surface area contributed by atoms with Gasteiger partial charge in [0.1, 0.15) is 5.69 Å². The van der Waals surface area contributed by atoms with Gasteiger partial charge >= 0.3 is 0 Å². The number of hydrogen-bond donors (Lipinski definition) is 2. The average Bonchev–Trinajstić information content (AvgIpc) is 2.55. The second kappa shape index (κ2) is 8.82. The number of amides is 1. The summed E-state index contributed by atoms with van der Waals surface area (Å²) in [5.74, 6) is 0.00963. The van der Waals surface area contributed by atoms with Crippen molar-refractivity contribution >= 4 is 40.7 Å². The molecule has 24 heavy (non-hydrogen) atoms. The molecule has 0 atom stereocenters. The van der Waals surface area contributed by atoms with E-state index in [4.69, 9.17) is 23.2 Å². The first-order valence-corrected chi connectivity index (χ1v) is 8.20. The molecule has 0 saturated heterocycles. The van der Waals surface area contributed by atoms with Crippen molar-refractivity contribution in [2.45, 2.75) is 6.42 Å². The van der Waals surface area contributed by atoms with Crippen molar-refractivity contribution in [3.8, 4) is 0 Å². The van der Waals surface area contributed by atoms with Crippen LogP contribution in [0.5, 0.6) is 0 Å². The van der Waals surface area contributed by atoms with Gasteiger partial charge < -0.3 is 15.5 Å². The van der Waals surface area contributed by atoms with Crippen LogP contribution >= 0.6 is 23.2 Å². The molecule has 8 heteroatoms. The minimum Gasteiger partial charge on any atom is -0.351 e. The van der Waals surface area contributed by atoms with E-state index in [1.807, 2.05) is 14.1 Å². The molecule has 0 aliphatic heterocycles. The van der Waals surface area contributed by atoms with Crippen molar-refractivity contribution in [2.24, 2.45) is 0 Å². The second-order valence-corrected chi connectivity index (χ2v) is 6.21. The molecular weight excluding hydrogens is 349 g/mol. The molecule has 1 aromatic heterocycles. The predicted octanol–water partition coefficient (Wildman–Crippen LogP) is 3.21. The Morgan fingerprint density at radius 2 is 1.92 bits per heavy atom. The van der Waals surface area contributed by atoms with Gasteiger partial charge in [-0.05, 0) is 45.3 Å². The molecule has 0 saturated carbocycles. The molecule has 6 nitrogen and oxygen atoms in total. The topological polar surface area (TPSA) is 70.2 Å². The molecule has 0 unspecified atom stereocenters. The van der Waals surface area contributed by atoms with Crippen molar-refractivity contribution in [1.82, 2.24) is 20.2 Å². The van der Waals surface area contributed by atoms with Gasteiger partial charge in [-0.15, -0.1) is 0 Å². The summed E-state index contributed by atoms with van der Waals surface area (Å²) in [5, 5.41) is 6.68. The van der Waals surface area contributed by atoms with E-state index in [1.54, 1.807) is 24.3 Å². The SMILES string of the molecule is CN(C)CCCNC(=O)c1ccnc(Nc2c(Cl)cccc2Cl)n1. The maximum atomic E-state index is 12.1. The first-order chi connectivity index (χ1) is 11.5. The third kappa shape index (κ3) is 5.33. The lowest BCUT2D eigenvalue weighted by molar-refractivity contribution is 0.0947. The van der Waals surface area contributed by atoms with E-state index in [9.17, 15) is 4.79 Å². The van der Waals surface area contributed by atoms with Gasteiger partial charge in [0.05, 0.1) is 15.7 Å². The molecule has 128 valence electrons. The summed E-state index contributed by atoms with van der Waals surface area (Å²) in [6, 6.07) is 6.71. The third-order valence-electron chi connectivity index (χ3n) is 3.16. The molecule has 2 rings (SSSR count). The quantitative estimate of drug-likeness (QED) is 0.735. The van der Waals surface area contributed by atoms with Crippen LogP contribution in [0.25, 0.3) is 0 Å². The number of hydrogen-bond acceptors (Lipinski definition) is 5. The molecule has 1 aromatic carbocycles. The lowest BCUT2D eigenvalue weighted by Gasteiger charge is -2.11. The number of carbonyl (C=O) groups is 1. The summed E-state index contributed by atoms with van der Waals surface area (Å²) >= 11 is 12.2. The molecule has 0 fully saturated rings. The minimum atomic E-state index is -0.246. The number of benzene rings is 1. The Morgan fingerprint density at radius 3 is 2.58 bits per heavy atom. The normalized spacial score (nSPS) is 10.7. The Kier molecular flexibility index (Phi) is 6.78. The van der Waals surface area contributed by atoms with Gasteiger partial charge in [0.25, 0.3) is 5.91 Å². The lowest BCUT2D eigenvalue weighted by Crippen LogP contribution is -2.28. The zero-order chi connectivity index (χ0) is 17.5. The Balaban J connectivity index is 2.02. The van der Waals surface area contributed by atoms with Gasteiger partial charge in [-0.2, -0.15) is 0 Å². The van der Waals surface area contributed by atoms with Crippen molar-refractivity contribution in [3.63, 3.8) is 0 Å². The number of nitrogens with zero attached hydrogens (tertiary/aromatic N) is 3. The molecule has 0 bridgehead atoms. The van der Waals surface area contributed by atoms with Crippen LogP contribution in [0, 0.1) is 0 Å². The van der Waals surface area contributed by atoms with E-state index in [-0.39, 0.29) is 17.5 Å². The number of rotatable bonds is 7. The maximum Gasteiger partial charge on any atom is 0.270 e. The fourth-order valence-electron chi connectivity index (χ4n) is 1.96. The molecule has 2 N–H and O–H groups in total. The zero-order valence-corrected chi connectivity index (χ0v) is 15.0. The molecule has 0 radical (unpaired) electrons. The first-order valence-electron chi connectivity index (χ1n) is 7.44. The molecule has 0 aliphatic rings. The van der Waals surface area contributed by atoms with E-state index in [2.05, 4.69) is 25.5 Å². The van der Waals surface area contributed by atoms with Crippen LogP contribution in [0.1, 0.15) is 16.9 Å². The van der Waals surface area contributed by atoms with Gasteiger partial charge in [0.15, 0.2) is 0 Å². The highest BCUT2D eigenvalue weighted by Gasteiger charge is 2.11. The number of halogens is 2. The third-order valence-corrected chi connectivity index (χ3v) is 3.79. The fraction of sp³-hybridized carbons (Fsp3) is 0.312. The Morgan fingerprint density at radius 1 is 1.21 bits per heavy atom. The minimum absolute atomic E-state index is 0.246. The second-order valence-electron chi connectivity index (χ2n) is 5.40. The number of carbonyl (C=O) groups excluding carboxylic acids is 1.